The van der Waals surface area contributed by atoms with E-state index in [2.05, 4.69) is 0 Å². The molecule has 0 aromatic heterocycles. The van der Waals surface area contributed by atoms with Crippen LogP contribution in [-0.2, 0) is 28.6 Å². The molecule has 2 bridgehead atoms. The molecule has 3 heterocycles. The van der Waals surface area contributed by atoms with Crippen LogP contribution in [0.5, 0.6) is 0 Å². The van der Waals surface area contributed by atoms with E-state index in [-0.39, 0.29) is 24.4 Å². The molecule has 0 radical (unpaired) electrons. The third-order valence-electron chi connectivity index (χ3n) is 5.95. The molecule has 2 unspecified atom stereocenters. The van der Waals surface area contributed by atoms with Crippen molar-refractivity contribution in [2.45, 2.75) is 57.0 Å². The lowest BCUT2D eigenvalue weighted by atomic mass is 9.82. The molecule has 0 aromatic carbocycles. The number of likely N-dealkylation sites (N-methyl/N-ethyl adjacent to an activating group) is 1. The highest BCUT2D eigenvalue weighted by molar-refractivity contribution is 6.01. The normalized spacial score (nSPS) is 43.4. The monoisotopic (exact) mass is 381 g/mol. The number of ether oxygens (including phenoxy) is 3. The van der Waals surface area contributed by atoms with Crippen LogP contribution >= 0.6 is 0 Å². The third kappa shape index (κ3) is 3.66. The smallest absolute Gasteiger partial charge is 0.341 e. The molecule has 2 saturated heterocycles. The number of rotatable bonds is 0. The summed E-state index contributed by atoms with van der Waals surface area (Å²) < 4.78 is 16.4. The van der Waals surface area contributed by atoms with Crippen LogP contribution in [0, 0.1) is 5.92 Å². The Morgan fingerprint density at radius 3 is 2.52 bits per heavy atom. The van der Waals surface area contributed by atoms with E-state index in [1.807, 2.05) is 11.9 Å². The number of Topliss-reactive ketones (excluding diaryl/α,β-unsaturated/α-hetero) is 1. The van der Waals surface area contributed by atoms with Crippen LogP contribution < -0.4 is 0 Å². The van der Waals surface area contributed by atoms with E-state index in [1.54, 1.807) is 19.9 Å². The first kappa shape index (κ1) is 20.0. The molecular weight excluding hydrogens is 354 g/mol. The fraction of sp³-hybridized carbons (Fsp3) is 0.737. The standard InChI is InChI=1S/C19H27NO7/c1-11-9-19(12(2)27-19)17(23)26-14-6-8-20(4)7-5-13(15(14)21)10-25-16(22)18(11,3)24/h5,11-12,14,24H,6-10H2,1-4H3/b13-5-/t11-,12-,14-,18?,19?/m1/s1. The van der Waals surface area contributed by atoms with Crippen LogP contribution in [0.15, 0.2) is 11.6 Å². The van der Waals surface area contributed by atoms with E-state index in [0.29, 0.717) is 19.5 Å². The molecule has 0 saturated carbocycles. The minimum Gasteiger partial charge on any atom is -0.459 e. The first-order valence-electron chi connectivity index (χ1n) is 9.28. The summed E-state index contributed by atoms with van der Waals surface area (Å²) in [4.78, 5) is 40.2. The van der Waals surface area contributed by atoms with Crippen LogP contribution in [0.2, 0.25) is 0 Å². The molecule has 8 heteroatoms. The Morgan fingerprint density at radius 1 is 1.22 bits per heavy atom. The number of aliphatic hydroxyl groups is 1. The van der Waals surface area contributed by atoms with Crippen LogP contribution in [-0.4, -0.2) is 77.9 Å². The van der Waals surface area contributed by atoms with Crippen molar-refractivity contribution < 1.29 is 33.7 Å². The summed E-state index contributed by atoms with van der Waals surface area (Å²) in [7, 11) is 1.89. The van der Waals surface area contributed by atoms with Crippen LogP contribution in [0.3, 0.4) is 0 Å². The summed E-state index contributed by atoms with van der Waals surface area (Å²) in [6.45, 7) is 5.57. The summed E-state index contributed by atoms with van der Waals surface area (Å²) in [6.07, 6.45) is 0.756. The van der Waals surface area contributed by atoms with E-state index < -0.39 is 41.3 Å². The van der Waals surface area contributed by atoms with Gasteiger partial charge in [0.1, 0.15) is 6.61 Å². The Bertz CT molecular complexity index is 686. The Labute approximate surface area is 158 Å². The zero-order valence-electron chi connectivity index (χ0n) is 16.2. The number of carbonyl (C=O) groups is 3. The number of esters is 2. The fourth-order valence-corrected chi connectivity index (χ4v) is 3.54. The van der Waals surface area contributed by atoms with E-state index in [0.717, 1.165) is 0 Å². The van der Waals surface area contributed by atoms with Crippen LogP contribution in [0.25, 0.3) is 0 Å². The molecule has 3 aliphatic heterocycles. The Hall–Kier alpha value is -1.77. The number of carbonyl (C=O) groups excluding carboxylic acids is 3. The molecule has 27 heavy (non-hydrogen) atoms. The molecular formula is C19H27NO7. The van der Waals surface area contributed by atoms with Crippen LogP contribution in [0.1, 0.15) is 33.6 Å². The lowest BCUT2D eigenvalue weighted by molar-refractivity contribution is -0.173. The van der Waals surface area contributed by atoms with Gasteiger partial charge in [0, 0.05) is 25.1 Å². The number of ketones is 1. The summed E-state index contributed by atoms with van der Waals surface area (Å²) in [5, 5.41) is 10.7. The first-order chi connectivity index (χ1) is 12.6. The van der Waals surface area contributed by atoms with Gasteiger partial charge in [0.2, 0.25) is 5.78 Å². The molecule has 0 amide bonds. The number of cyclic esters (lactones) is 1. The second kappa shape index (κ2) is 7.00. The van der Waals surface area contributed by atoms with E-state index in [4.69, 9.17) is 14.2 Å². The van der Waals surface area contributed by atoms with Gasteiger partial charge in [-0.25, -0.2) is 9.59 Å². The van der Waals surface area contributed by atoms with Crippen LogP contribution in [0.4, 0.5) is 0 Å². The van der Waals surface area contributed by atoms with Gasteiger partial charge in [-0.3, -0.25) is 4.79 Å². The number of nitrogens with zero attached hydrogens (tertiary/aromatic N) is 1. The number of hydrogen-bond acceptors (Lipinski definition) is 8. The highest BCUT2D eigenvalue weighted by Crippen LogP contribution is 2.45. The van der Waals surface area contributed by atoms with E-state index in [9.17, 15) is 19.5 Å². The van der Waals surface area contributed by atoms with Gasteiger partial charge in [0.25, 0.3) is 0 Å². The average Bonchev–Trinajstić information content (AvgIpc) is 3.26. The maximum atomic E-state index is 12.9. The number of epoxide rings is 1. The number of hydrogen-bond donors (Lipinski definition) is 1. The van der Waals surface area contributed by atoms with Gasteiger partial charge < -0.3 is 24.2 Å². The summed E-state index contributed by atoms with van der Waals surface area (Å²) in [5.41, 5.74) is -2.81. The predicted octanol–water partition coefficient (Wildman–Crippen LogP) is 0.221. The van der Waals surface area contributed by atoms with Crippen molar-refractivity contribution >= 4 is 17.7 Å². The summed E-state index contributed by atoms with van der Waals surface area (Å²) in [6, 6.07) is 0. The molecule has 2 fully saturated rings. The van der Waals surface area contributed by atoms with Crippen molar-refractivity contribution in [3.05, 3.63) is 11.6 Å². The summed E-state index contributed by atoms with van der Waals surface area (Å²) in [5.74, 6) is -2.43. The van der Waals surface area contributed by atoms with E-state index >= 15 is 0 Å². The molecule has 150 valence electrons. The summed E-state index contributed by atoms with van der Waals surface area (Å²) >= 11 is 0. The lowest BCUT2D eigenvalue weighted by Crippen LogP contribution is -2.48. The Morgan fingerprint density at radius 2 is 1.89 bits per heavy atom. The zero-order chi connectivity index (χ0) is 20.0. The minimum atomic E-state index is -1.82. The van der Waals surface area contributed by atoms with Gasteiger partial charge in [0.15, 0.2) is 17.3 Å². The predicted molar refractivity (Wildman–Crippen MR) is 93.7 cm³/mol. The SMILES string of the molecule is C[C@@H]1CC2(O[C@@H]2C)C(=O)O[C@@H]2CCN(C)C/C=C(/COC(=O)C1(C)O)C2=O. The largest absolute Gasteiger partial charge is 0.459 e. The highest BCUT2D eigenvalue weighted by Gasteiger charge is 2.63. The minimum absolute atomic E-state index is 0.0958. The topological polar surface area (TPSA) is 106 Å². The van der Waals surface area contributed by atoms with Crippen molar-refractivity contribution in [2.24, 2.45) is 5.92 Å². The van der Waals surface area contributed by atoms with E-state index in [1.165, 1.54) is 6.92 Å². The van der Waals surface area contributed by atoms with Gasteiger partial charge in [-0.15, -0.1) is 0 Å². The molecule has 3 aliphatic rings. The zero-order valence-corrected chi connectivity index (χ0v) is 16.2. The fourth-order valence-electron chi connectivity index (χ4n) is 3.54. The Kier molecular flexibility index (Phi) is 5.18. The quantitative estimate of drug-likeness (QED) is 0.469. The van der Waals surface area contributed by atoms with Gasteiger partial charge in [-0.05, 0) is 33.2 Å². The van der Waals surface area contributed by atoms with Crippen molar-refractivity contribution in [1.82, 2.24) is 4.90 Å². The molecule has 8 nitrogen and oxygen atoms in total. The maximum absolute atomic E-state index is 12.9. The number of fused-ring (bicyclic) bond motifs is 2. The molecule has 3 rings (SSSR count). The van der Waals surface area contributed by atoms with Gasteiger partial charge in [-0.1, -0.05) is 13.0 Å². The molecule has 1 spiro atoms. The second-order valence-corrected chi connectivity index (χ2v) is 8.02. The van der Waals surface area contributed by atoms with Gasteiger partial charge >= 0.3 is 11.9 Å². The van der Waals surface area contributed by atoms with Crippen molar-refractivity contribution in [2.75, 3.05) is 26.7 Å². The first-order valence-corrected chi connectivity index (χ1v) is 9.28. The molecule has 1 N–H and O–H groups in total. The molecule has 5 atom stereocenters. The van der Waals surface area contributed by atoms with Gasteiger partial charge in [0.05, 0.1) is 6.10 Å². The third-order valence-corrected chi connectivity index (χ3v) is 5.95. The maximum Gasteiger partial charge on any atom is 0.341 e. The molecule has 0 aliphatic carbocycles. The lowest BCUT2D eigenvalue weighted by Gasteiger charge is -2.32. The highest BCUT2D eigenvalue weighted by atomic mass is 16.7. The van der Waals surface area contributed by atoms with Crippen molar-refractivity contribution in [3.8, 4) is 0 Å². The second-order valence-electron chi connectivity index (χ2n) is 8.02. The molecule has 0 aromatic rings. The average molecular weight is 381 g/mol. The van der Waals surface area contributed by atoms with Gasteiger partial charge in [-0.2, -0.15) is 0 Å². The Balaban J connectivity index is 1.97. The van der Waals surface area contributed by atoms with Crippen molar-refractivity contribution in [3.63, 3.8) is 0 Å². The van der Waals surface area contributed by atoms with Crippen molar-refractivity contribution in [1.29, 1.82) is 0 Å².